The van der Waals surface area contributed by atoms with Crippen LogP contribution in [0.15, 0.2) is 30.3 Å². The lowest BCUT2D eigenvalue weighted by Gasteiger charge is -2.44. The van der Waals surface area contributed by atoms with Gasteiger partial charge in [0.15, 0.2) is 53.5 Å². The van der Waals surface area contributed by atoms with Crippen LogP contribution >= 0.6 is 0 Å². The van der Waals surface area contributed by atoms with Crippen molar-refractivity contribution in [3.63, 3.8) is 0 Å². The van der Waals surface area contributed by atoms with Crippen molar-refractivity contribution in [2.45, 2.75) is 55.3 Å². The van der Waals surface area contributed by atoms with Crippen molar-refractivity contribution in [2.24, 2.45) is 0 Å². The zero-order chi connectivity index (χ0) is 33.9. The lowest BCUT2D eigenvalue weighted by molar-refractivity contribution is -0.348. The first-order valence-electron chi connectivity index (χ1n) is 15.1. The highest BCUT2D eigenvalue weighted by Crippen LogP contribution is 2.52. The van der Waals surface area contributed by atoms with Gasteiger partial charge in [-0.2, -0.15) is 0 Å². The van der Waals surface area contributed by atoms with Crippen molar-refractivity contribution in [2.75, 3.05) is 40.8 Å². The minimum absolute atomic E-state index is 0.00675. The fourth-order valence-electron chi connectivity index (χ4n) is 6.30. The van der Waals surface area contributed by atoms with Gasteiger partial charge in [0, 0.05) is 10.9 Å². The molecule has 258 valence electrons. The van der Waals surface area contributed by atoms with E-state index in [9.17, 15) is 35.4 Å². The van der Waals surface area contributed by atoms with Crippen molar-refractivity contribution >= 4 is 16.6 Å². The fraction of sp³-hybridized carbons (Fsp3) is 0.469. The third-order valence-electron chi connectivity index (χ3n) is 8.81. The van der Waals surface area contributed by atoms with Crippen molar-refractivity contribution in [3.05, 3.63) is 35.9 Å². The molecule has 4 heterocycles. The van der Waals surface area contributed by atoms with E-state index in [0.29, 0.717) is 44.9 Å². The highest BCUT2D eigenvalue weighted by molar-refractivity contribution is 6.18. The van der Waals surface area contributed by atoms with E-state index in [1.807, 2.05) is 0 Å². The number of ketones is 1. The molecule has 9 atom stereocenters. The number of ether oxygens (including phenoxy) is 9. The molecule has 2 fully saturated rings. The molecule has 0 bridgehead atoms. The van der Waals surface area contributed by atoms with Gasteiger partial charge in [-0.15, -0.1) is 0 Å². The van der Waals surface area contributed by atoms with E-state index in [2.05, 4.69) is 0 Å². The zero-order valence-electron chi connectivity index (χ0n) is 25.7. The molecule has 0 radical (unpaired) electrons. The summed E-state index contributed by atoms with van der Waals surface area (Å²) in [5.74, 6) is 1.40. The van der Waals surface area contributed by atoms with Crippen LogP contribution in [-0.2, 0) is 14.2 Å². The number of Topliss-reactive ketones (excluding diaryl/α,β-unsaturated/α-hetero) is 1. The number of carbonyl (C=O) groups excluding carboxylic acids is 1. The van der Waals surface area contributed by atoms with Crippen LogP contribution in [0.2, 0.25) is 0 Å². The minimum Gasteiger partial charge on any atom is -0.493 e. The number of methoxy groups -OCH3 is 2. The molecule has 0 saturated carbocycles. The van der Waals surface area contributed by atoms with Gasteiger partial charge >= 0.3 is 0 Å². The predicted octanol–water partition coefficient (Wildman–Crippen LogP) is -0.530. The van der Waals surface area contributed by atoms with E-state index in [1.54, 1.807) is 30.3 Å². The molecule has 0 amide bonds. The quantitative estimate of drug-likeness (QED) is 0.177. The van der Waals surface area contributed by atoms with Gasteiger partial charge in [0.2, 0.25) is 18.9 Å². The Bertz CT molecular complexity index is 1710. The van der Waals surface area contributed by atoms with Crippen LogP contribution in [0.1, 0.15) is 10.4 Å². The van der Waals surface area contributed by atoms with Gasteiger partial charge in [0.05, 0.1) is 33.0 Å². The third kappa shape index (κ3) is 5.35. The molecule has 3 aromatic rings. The van der Waals surface area contributed by atoms with E-state index >= 15 is 0 Å². The Morgan fingerprint density at radius 2 is 1.54 bits per heavy atom. The maximum Gasteiger partial charge on any atom is 0.231 e. The Balaban J connectivity index is 1.35. The summed E-state index contributed by atoms with van der Waals surface area (Å²) in [6.45, 7) is -1.38. The van der Waals surface area contributed by atoms with Crippen LogP contribution in [0.25, 0.3) is 21.9 Å². The van der Waals surface area contributed by atoms with Crippen LogP contribution < -0.4 is 28.4 Å². The second-order valence-corrected chi connectivity index (χ2v) is 11.6. The average molecular weight is 675 g/mol. The summed E-state index contributed by atoms with van der Waals surface area (Å²) < 4.78 is 51.6. The second-order valence-electron chi connectivity index (χ2n) is 11.6. The van der Waals surface area contributed by atoms with Crippen molar-refractivity contribution in [3.8, 4) is 45.6 Å². The number of fused-ring (bicyclic) bond motifs is 3. The van der Waals surface area contributed by atoms with E-state index in [4.69, 9.17) is 42.6 Å². The fourth-order valence-corrected chi connectivity index (χ4v) is 6.30. The van der Waals surface area contributed by atoms with Crippen LogP contribution in [0.3, 0.4) is 0 Å². The monoisotopic (exact) mass is 674 g/mol. The van der Waals surface area contributed by atoms with Gasteiger partial charge in [0.1, 0.15) is 36.6 Å². The normalized spacial score (nSPS) is 31.0. The summed E-state index contributed by atoms with van der Waals surface area (Å²) in [4.78, 5) is 13.5. The smallest absolute Gasteiger partial charge is 0.231 e. The summed E-state index contributed by atoms with van der Waals surface area (Å²) in [7, 11) is 2.91. The molecule has 4 aliphatic rings. The minimum atomic E-state index is -1.82. The molecule has 2 saturated heterocycles. The molecule has 0 aromatic heterocycles. The summed E-state index contributed by atoms with van der Waals surface area (Å²) in [6, 6.07) is 8.54. The molecule has 4 aliphatic heterocycles. The van der Waals surface area contributed by atoms with Gasteiger partial charge in [0.25, 0.3) is 0 Å². The number of aliphatic hydroxyl groups is 6. The molecule has 0 aliphatic carbocycles. The molecule has 6 N–H and O–H groups in total. The zero-order valence-corrected chi connectivity index (χ0v) is 25.7. The van der Waals surface area contributed by atoms with Gasteiger partial charge in [-0.05, 0) is 35.2 Å². The molecule has 16 nitrogen and oxygen atoms in total. The molecule has 3 aromatic carbocycles. The molecule has 16 heteroatoms. The molecule has 0 unspecified atom stereocenters. The predicted molar refractivity (Wildman–Crippen MR) is 159 cm³/mol. The number of carbonyl (C=O) groups is 1. The number of aliphatic hydroxyl groups excluding tert-OH is 6. The first-order valence-corrected chi connectivity index (χ1v) is 15.1. The van der Waals surface area contributed by atoms with Crippen molar-refractivity contribution in [1.82, 2.24) is 0 Å². The maximum absolute atomic E-state index is 13.5. The van der Waals surface area contributed by atoms with Crippen LogP contribution in [0.4, 0.5) is 0 Å². The van der Waals surface area contributed by atoms with Gasteiger partial charge in [-0.25, -0.2) is 0 Å². The Morgan fingerprint density at radius 3 is 2.27 bits per heavy atom. The largest absolute Gasteiger partial charge is 0.493 e. The van der Waals surface area contributed by atoms with E-state index in [-0.39, 0.29) is 36.2 Å². The molecule has 48 heavy (non-hydrogen) atoms. The topological polar surface area (TPSA) is 222 Å². The lowest BCUT2D eigenvalue weighted by Crippen LogP contribution is -2.63. The Labute approximate surface area is 272 Å². The summed E-state index contributed by atoms with van der Waals surface area (Å²) in [5.41, 5.74) is 1.28. The van der Waals surface area contributed by atoms with Crippen LogP contribution in [-0.4, -0.2) is 133 Å². The van der Waals surface area contributed by atoms with Gasteiger partial charge < -0.3 is 73.3 Å². The summed E-state index contributed by atoms with van der Waals surface area (Å²) in [5, 5.41) is 63.1. The number of hydrogen-bond acceptors (Lipinski definition) is 16. The van der Waals surface area contributed by atoms with Crippen LogP contribution in [0, 0.1) is 0 Å². The van der Waals surface area contributed by atoms with E-state index < -0.39 is 68.5 Å². The second kappa shape index (κ2) is 12.8. The first kappa shape index (κ1) is 32.6. The average Bonchev–Trinajstić information content (AvgIpc) is 3.73. The van der Waals surface area contributed by atoms with Gasteiger partial charge in [-0.3, -0.25) is 4.79 Å². The Kier molecular flexibility index (Phi) is 8.69. The Morgan fingerprint density at radius 1 is 0.812 bits per heavy atom. The molecular weight excluding hydrogens is 640 g/mol. The number of rotatable bonds is 8. The lowest BCUT2D eigenvalue weighted by atomic mass is 9.90. The third-order valence-corrected chi connectivity index (χ3v) is 8.81. The number of benzene rings is 3. The molecule has 0 spiro atoms. The van der Waals surface area contributed by atoms with Crippen molar-refractivity contribution in [1.29, 1.82) is 0 Å². The van der Waals surface area contributed by atoms with Gasteiger partial charge in [-0.1, -0.05) is 6.07 Å². The van der Waals surface area contributed by atoms with Crippen molar-refractivity contribution < 1.29 is 78.1 Å². The van der Waals surface area contributed by atoms with E-state index in [1.165, 1.54) is 14.2 Å². The molecule has 7 rings (SSSR count). The first-order chi connectivity index (χ1) is 23.1. The Hall–Kier alpha value is -3.97. The molecular formula is C32H34O16. The summed E-state index contributed by atoms with van der Waals surface area (Å²) in [6.07, 6.45) is -14.5. The van der Waals surface area contributed by atoms with Crippen LogP contribution in [0.5, 0.6) is 34.5 Å². The highest BCUT2D eigenvalue weighted by Gasteiger charge is 2.49. The van der Waals surface area contributed by atoms with E-state index in [0.717, 1.165) is 0 Å². The standard InChI is InChI=1S/C32H34O16/c1-40-18-6-13-14(7-19(18)41-2)28(29-23(15(34)9-42-29)22(13)12-3-4-17-20(5-12)45-11-44-17)47-32-30(24(36)16(35)10-43-32)48-31-27(39)26(38)25(37)21(8-33)46-31/h3-7,16,21,24-27,30-33,35-39H,8-11H2,1-2H3/t16-,21-,24-,25+,26+,27+,30-,31-,32-/m1/s1. The SMILES string of the molecule is COc1cc2c(O[C@H]3OC[C@@H](O)[C@@H](O)[C@H]3O[C@H]3O[C@H](CO)[C@H](O)[C@H](O)[C@@H]3O)c3c(c(-c4ccc5c(c4)OCO5)c2cc1OC)C(=O)CO3. The summed E-state index contributed by atoms with van der Waals surface area (Å²) >= 11 is 0. The maximum atomic E-state index is 13.5. The highest BCUT2D eigenvalue weighted by atomic mass is 16.8. The number of hydrogen-bond donors (Lipinski definition) is 6.